The van der Waals surface area contributed by atoms with Gasteiger partial charge in [-0.25, -0.2) is 0 Å². The third-order valence-corrected chi connectivity index (χ3v) is 6.91. The van der Waals surface area contributed by atoms with Crippen LogP contribution in [-0.2, 0) is 12.8 Å². The Balaban J connectivity index is 1.39. The Hall–Kier alpha value is -2.02. The molecule has 0 spiro atoms. The van der Waals surface area contributed by atoms with Crippen molar-refractivity contribution in [2.45, 2.75) is 32.1 Å². The molecule has 2 bridgehead atoms. The van der Waals surface area contributed by atoms with Crippen LogP contribution in [0.25, 0.3) is 5.00 Å². The van der Waals surface area contributed by atoms with E-state index >= 15 is 0 Å². The van der Waals surface area contributed by atoms with Crippen molar-refractivity contribution in [2.75, 3.05) is 6.54 Å². The molecule has 2 aromatic heterocycles. The van der Waals surface area contributed by atoms with Gasteiger partial charge in [0.1, 0.15) is 11.3 Å². The number of thiophene rings is 1. The van der Waals surface area contributed by atoms with E-state index in [9.17, 15) is 4.79 Å². The number of nitrogens with one attached hydrogen (secondary N) is 1. The predicted molar refractivity (Wildman–Crippen MR) is 90.2 cm³/mol. The molecule has 24 heavy (non-hydrogen) atoms. The molecular weight excluding hydrogens is 322 g/mol. The molecule has 7 heteroatoms. The van der Waals surface area contributed by atoms with Gasteiger partial charge in [-0.15, -0.1) is 16.4 Å². The number of tetrazole rings is 1. The average molecular weight is 341 g/mol. The van der Waals surface area contributed by atoms with E-state index in [4.69, 9.17) is 0 Å². The van der Waals surface area contributed by atoms with Gasteiger partial charge in [-0.3, -0.25) is 4.79 Å². The van der Waals surface area contributed by atoms with E-state index in [2.05, 4.69) is 33.0 Å². The van der Waals surface area contributed by atoms with Crippen molar-refractivity contribution in [3.05, 3.63) is 34.5 Å². The molecule has 1 N–H and O–H groups in total. The monoisotopic (exact) mass is 341 g/mol. The summed E-state index contributed by atoms with van der Waals surface area (Å²) in [5.41, 5.74) is 1.99. The van der Waals surface area contributed by atoms with Crippen molar-refractivity contribution in [1.82, 2.24) is 25.5 Å². The molecule has 0 aromatic carbocycles. The molecule has 0 unspecified atom stereocenters. The van der Waals surface area contributed by atoms with Crippen molar-refractivity contribution in [3.63, 3.8) is 0 Å². The first kappa shape index (κ1) is 14.3. The van der Waals surface area contributed by atoms with Crippen molar-refractivity contribution < 1.29 is 4.79 Å². The highest BCUT2D eigenvalue weighted by molar-refractivity contribution is 7.15. The van der Waals surface area contributed by atoms with E-state index < -0.39 is 0 Å². The lowest BCUT2D eigenvalue weighted by molar-refractivity contribution is 0.0944. The topological polar surface area (TPSA) is 72.7 Å². The predicted octanol–water partition coefficient (Wildman–Crippen LogP) is 2.15. The van der Waals surface area contributed by atoms with E-state index in [1.54, 1.807) is 22.3 Å². The number of allylic oxidation sites excluding steroid dienone is 2. The second-order valence-electron chi connectivity index (χ2n) is 7.04. The van der Waals surface area contributed by atoms with Crippen LogP contribution in [0.3, 0.4) is 0 Å². The van der Waals surface area contributed by atoms with Crippen LogP contribution in [0.5, 0.6) is 0 Å². The summed E-state index contributed by atoms with van der Waals surface area (Å²) in [6.45, 7) is 0.768. The zero-order valence-electron chi connectivity index (χ0n) is 13.3. The molecular formula is C17H19N5OS. The number of nitrogens with zero attached hydrogens (tertiary/aromatic N) is 4. The van der Waals surface area contributed by atoms with Crippen LogP contribution in [0, 0.1) is 17.8 Å². The van der Waals surface area contributed by atoms with E-state index in [1.807, 2.05) is 0 Å². The summed E-state index contributed by atoms with van der Waals surface area (Å²) in [6.07, 6.45) is 11.9. The maximum atomic E-state index is 12.9. The molecule has 0 aliphatic heterocycles. The zero-order chi connectivity index (χ0) is 16.1. The van der Waals surface area contributed by atoms with Gasteiger partial charge in [0.2, 0.25) is 0 Å². The maximum absolute atomic E-state index is 12.9. The van der Waals surface area contributed by atoms with Crippen LogP contribution in [0.1, 0.15) is 40.1 Å². The third kappa shape index (κ3) is 2.22. The number of hydrogen-bond donors (Lipinski definition) is 1. The molecule has 3 atom stereocenters. The fraction of sp³-hybridized carbons (Fsp3) is 0.529. The summed E-state index contributed by atoms with van der Waals surface area (Å²) in [4.78, 5) is 14.3. The maximum Gasteiger partial charge on any atom is 0.254 e. The Morgan fingerprint density at radius 1 is 1.33 bits per heavy atom. The molecule has 5 rings (SSSR count). The smallest absolute Gasteiger partial charge is 0.254 e. The van der Waals surface area contributed by atoms with Gasteiger partial charge in [0, 0.05) is 11.4 Å². The Bertz CT molecular complexity index is 809. The van der Waals surface area contributed by atoms with Crippen LogP contribution in [0.15, 0.2) is 18.5 Å². The van der Waals surface area contributed by atoms with Crippen LogP contribution in [0.2, 0.25) is 0 Å². The normalized spacial score (nSPS) is 26.9. The number of rotatable bonds is 4. The summed E-state index contributed by atoms with van der Waals surface area (Å²) in [5.74, 6) is 2.01. The molecule has 3 aliphatic carbocycles. The van der Waals surface area contributed by atoms with Crippen LogP contribution in [-0.4, -0.2) is 32.7 Å². The summed E-state index contributed by atoms with van der Waals surface area (Å²) >= 11 is 1.65. The SMILES string of the molecule is O=C(NC[C@@H]1C[C@H]2C=C[C@@H]1C2)c1c(-n2cnnn2)sc2c1CCC2. The average Bonchev–Trinajstić information content (AvgIpc) is 3.38. The molecule has 1 saturated carbocycles. The summed E-state index contributed by atoms with van der Waals surface area (Å²) in [6, 6.07) is 0. The first-order chi connectivity index (χ1) is 11.8. The summed E-state index contributed by atoms with van der Waals surface area (Å²) < 4.78 is 1.62. The Labute approximate surface area is 143 Å². The van der Waals surface area contributed by atoms with Gasteiger partial charge >= 0.3 is 0 Å². The van der Waals surface area contributed by atoms with Crippen LogP contribution >= 0.6 is 11.3 Å². The Kier molecular flexibility index (Phi) is 3.29. The summed E-state index contributed by atoms with van der Waals surface area (Å²) in [5, 5.41) is 15.5. The molecule has 124 valence electrons. The van der Waals surface area contributed by atoms with Gasteiger partial charge in [-0.1, -0.05) is 12.2 Å². The van der Waals surface area contributed by atoms with E-state index in [0.717, 1.165) is 42.3 Å². The van der Waals surface area contributed by atoms with Crippen LogP contribution in [0.4, 0.5) is 0 Å². The molecule has 1 amide bonds. The lowest BCUT2D eigenvalue weighted by Crippen LogP contribution is -2.31. The van der Waals surface area contributed by atoms with Crippen LogP contribution < -0.4 is 5.32 Å². The quantitative estimate of drug-likeness (QED) is 0.865. The third-order valence-electron chi connectivity index (χ3n) is 5.63. The van der Waals surface area contributed by atoms with Crippen molar-refractivity contribution in [3.8, 4) is 5.00 Å². The second-order valence-corrected chi connectivity index (χ2v) is 8.13. The number of aryl methyl sites for hydroxylation is 1. The number of fused-ring (bicyclic) bond motifs is 3. The number of hydrogen-bond acceptors (Lipinski definition) is 5. The van der Waals surface area contributed by atoms with Crippen molar-refractivity contribution >= 4 is 17.2 Å². The molecule has 1 fully saturated rings. The number of amides is 1. The standard InChI is InChI=1S/C17H19N5OS/c23-16(18-8-12-7-10-4-5-11(12)6-10)15-13-2-1-3-14(13)24-17(15)22-9-19-20-21-22/h4-5,9-12H,1-3,6-8H2,(H,18,23)/t10-,11+,12-/m0/s1. The molecule has 0 radical (unpaired) electrons. The number of carbonyl (C=O) groups excluding carboxylic acids is 1. The molecule has 0 saturated heterocycles. The van der Waals surface area contributed by atoms with E-state index in [0.29, 0.717) is 11.8 Å². The Morgan fingerprint density at radius 2 is 2.29 bits per heavy atom. The molecule has 6 nitrogen and oxygen atoms in total. The molecule has 2 heterocycles. The van der Waals surface area contributed by atoms with E-state index in [1.165, 1.54) is 23.3 Å². The van der Waals surface area contributed by atoms with Gasteiger partial charge in [-0.05, 0) is 65.8 Å². The Morgan fingerprint density at radius 3 is 3.04 bits per heavy atom. The minimum atomic E-state index is 0.0339. The largest absolute Gasteiger partial charge is 0.352 e. The van der Waals surface area contributed by atoms with Gasteiger partial charge in [0.25, 0.3) is 5.91 Å². The fourth-order valence-corrected chi connectivity index (χ4v) is 5.78. The van der Waals surface area contributed by atoms with Gasteiger partial charge in [-0.2, -0.15) is 4.68 Å². The lowest BCUT2D eigenvalue weighted by atomic mass is 9.93. The fourth-order valence-electron chi connectivity index (χ4n) is 4.48. The molecule has 3 aliphatic rings. The van der Waals surface area contributed by atoms with E-state index in [-0.39, 0.29) is 5.91 Å². The highest BCUT2D eigenvalue weighted by Gasteiger charge is 2.36. The first-order valence-corrected chi connectivity index (χ1v) is 9.45. The van der Waals surface area contributed by atoms with Gasteiger partial charge < -0.3 is 5.32 Å². The highest BCUT2D eigenvalue weighted by atomic mass is 32.1. The molecule has 2 aromatic rings. The number of aromatic nitrogens is 4. The second kappa shape index (κ2) is 5.51. The zero-order valence-corrected chi connectivity index (χ0v) is 14.1. The first-order valence-electron chi connectivity index (χ1n) is 8.64. The summed E-state index contributed by atoms with van der Waals surface area (Å²) in [7, 11) is 0. The van der Waals surface area contributed by atoms with Gasteiger partial charge in [0.15, 0.2) is 0 Å². The lowest BCUT2D eigenvalue weighted by Gasteiger charge is -2.18. The van der Waals surface area contributed by atoms with Gasteiger partial charge in [0.05, 0.1) is 5.56 Å². The minimum absolute atomic E-state index is 0.0339. The van der Waals surface area contributed by atoms with Crippen molar-refractivity contribution in [1.29, 1.82) is 0 Å². The highest BCUT2D eigenvalue weighted by Crippen LogP contribution is 2.43. The number of carbonyl (C=O) groups is 1. The van der Waals surface area contributed by atoms with Crippen molar-refractivity contribution in [2.24, 2.45) is 17.8 Å². The minimum Gasteiger partial charge on any atom is -0.352 e.